The van der Waals surface area contributed by atoms with Gasteiger partial charge in [0.15, 0.2) is 5.58 Å². The molecule has 0 aliphatic rings. The number of amides is 1. The Bertz CT molecular complexity index is 499. The van der Waals surface area contributed by atoms with Crippen LogP contribution in [0.1, 0.15) is 30.8 Å². The van der Waals surface area contributed by atoms with Gasteiger partial charge in [-0.15, -0.1) is 0 Å². The van der Waals surface area contributed by atoms with Crippen LogP contribution >= 0.6 is 0 Å². The summed E-state index contributed by atoms with van der Waals surface area (Å²) in [5, 5.41) is 12.0. The molecule has 18 heavy (non-hydrogen) atoms. The summed E-state index contributed by atoms with van der Waals surface area (Å²) in [7, 11) is 0. The third kappa shape index (κ3) is 2.73. The molecule has 2 rings (SSSR count). The number of nitrogens with one attached hydrogen (secondary N) is 2. The standard InChI is InChI=1S/C13H18N2O3/c1-8(2)5-9(7-16)14-13(17)11-6-12-10(15-11)3-4-18-12/h3-4,6,8-9,15-16H,5,7H2,1-2H3,(H,14,17). The van der Waals surface area contributed by atoms with Crippen molar-refractivity contribution in [2.24, 2.45) is 5.92 Å². The number of H-pyrrole nitrogens is 1. The van der Waals surface area contributed by atoms with Gasteiger partial charge in [-0.25, -0.2) is 0 Å². The van der Waals surface area contributed by atoms with Gasteiger partial charge in [0.1, 0.15) is 5.69 Å². The molecule has 5 nitrogen and oxygen atoms in total. The predicted molar refractivity (Wildman–Crippen MR) is 68.4 cm³/mol. The summed E-state index contributed by atoms with van der Waals surface area (Å²) in [6.07, 6.45) is 2.32. The van der Waals surface area contributed by atoms with Crippen molar-refractivity contribution in [2.45, 2.75) is 26.3 Å². The number of furan rings is 1. The van der Waals surface area contributed by atoms with E-state index in [1.807, 2.05) is 0 Å². The van der Waals surface area contributed by atoms with Crippen molar-refractivity contribution in [3.63, 3.8) is 0 Å². The molecule has 0 bridgehead atoms. The number of fused-ring (bicyclic) bond motifs is 1. The third-order valence-corrected chi connectivity index (χ3v) is 2.80. The number of aromatic nitrogens is 1. The van der Waals surface area contributed by atoms with Gasteiger partial charge in [-0.3, -0.25) is 4.79 Å². The van der Waals surface area contributed by atoms with E-state index in [1.165, 1.54) is 0 Å². The Morgan fingerprint density at radius 2 is 2.33 bits per heavy atom. The van der Waals surface area contributed by atoms with Crippen molar-refractivity contribution in [3.05, 3.63) is 24.1 Å². The second-order valence-corrected chi connectivity index (χ2v) is 4.86. The number of aliphatic hydroxyl groups excluding tert-OH is 1. The molecular formula is C13H18N2O3. The summed E-state index contributed by atoms with van der Waals surface area (Å²) in [5.41, 5.74) is 1.90. The van der Waals surface area contributed by atoms with Gasteiger partial charge in [0.05, 0.1) is 24.4 Å². The molecule has 1 unspecified atom stereocenters. The Morgan fingerprint density at radius 1 is 1.56 bits per heavy atom. The molecule has 0 spiro atoms. The van der Waals surface area contributed by atoms with Crippen LogP contribution in [-0.2, 0) is 0 Å². The number of hydrogen-bond donors (Lipinski definition) is 3. The van der Waals surface area contributed by atoms with E-state index in [-0.39, 0.29) is 18.6 Å². The van der Waals surface area contributed by atoms with E-state index < -0.39 is 0 Å². The first-order valence-electron chi connectivity index (χ1n) is 6.08. The molecule has 1 atom stereocenters. The molecule has 1 amide bonds. The van der Waals surface area contributed by atoms with Gasteiger partial charge in [-0.05, 0) is 12.3 Å². The lowest BCUT2D eigenvalue weighted by molar-refractivity contribution is 0.0904. The lowest BCUT2D eigenvalue weighted by Crippen LogP contribution is -2.38. The normalized spacial score (nSPS) is 13.1. The second kappa shape index (κ2) is 5.27. The molecule has 5 heteroatoms. The Morgan fingerprint density at radius 3 is 2.94 bits per heavy atom. The molecule has 0 fully saturated rings. The predicted octanol–water partition coefficient (Wildman–Crippen LogP) is 1.90. The minimum Gasteiger partial charge on any atom is -0.463 e. The molecule has 2 heterocycles. The van der Waals surface area contributed by atoms with Gasteiger partial charge in [0.25, 0.3) is 5.91 Å². The fourth-order valence-corrected chi connectivity index (χ4v) is 1.98. The lowest BCUT2D eigenvalue weighted by Gasteiger charge is -2.17. The molecular weight excluding hydrogens is 232 g/mol. The van der Waals surface area contributed by atoms with E-state index in [9.17, 15) is 9.90 Å². The van der Waals surface area contributed by atoms with Crippen LogP contribution in [0.25, 0.3) is 11.1 Å². The van der Waals surface area contributed by atoms with Crippen molar-refractivity contribution in [3.8, 4) is 0 Å². The molecule has 0 radical (unpaired) electrons. The highest BCUT2D eigenvalue weighted by Crippen LogP contribution is 2.16. The third-order valence-electron chi connectivity index (χ3n) is 2.80. The van der Waals surface area contributed by atoms with Crippen LogP contribution in [0.15, 0.2) is 22.8 Å². The van der Waals surface area contributed by atoms with Crippen molar-refractivity contribution >= 4 is 17.0 Å². The molecule has 3 N–H and O–H groups in total. The lowest BCUT2D eigenvalue weighted by atomic mass is 10.0. The summed E-state index contributed by atoms with van der Waals surface area (Å²) < 4.78 is 5.18. The quantitative estimate of drug-likeness (QED) is 0.758. The summed E-state index contributed by atoms with van der Waals surface area (Å²) in [5.74, 6) is 0.198. The SMILES string of the molecule is CC(C)CC(CO)NC(=O)c1cc2occc2[nH]1. The molecule has 0 aliphatic heterocycles. The number of hydrogen-bond acceptors (Lipinski definition) is 3. The smallest absolute Gasteiger partial charge is 0.268 e. The first kappa shape index (κ1) is 12.7. The number of aliphatic hydroxyl groups is 1. The number of rotatable bonds is 5. The summed E-state index contributed by atoms with van der Waals surface area (Å²) in [6.45, 7) is 4.05. The first-order valence-corrected chi connectivity index (χ1v) is 6.08. The Hall–Kier alpha value is -1.75. The molecule has 0 saturated heterocycles. The molecule has 2 aromatic rings. The van der Waals surface area contributed by atoms with E-state index in [0.717, 1.165) is 11.9 Å². The zero-order valence-corrected chi connectivity index (χ0v) is 10.6. The topological polar surface area (TPSA) is 78.3 Å². The average molecular weight is 250 g/mol. The van der Waals surface area contributed by atoms with Crippen LogP contribution in [0.4, 0.5) is 0 Å². The molecule has 0 aromatic carbocycles. The minimum absolute atomic E-state index is 0.0548. The van der Waals surface area contributed by atoms with Crippen molar-refractivity contribution in [1.82, 2.24) is 10.3 Å². The molecule has 0 saturated carbocycles. The number of aromatic amines is 1. The van der Waals surface area contributed by atoms with Crippen molar-refractivity contribution in [2.75, 3.05) is 6.61 Å². The van der Waals surface area contributed by atoms with Gasteiger partial charge in [-0.1, -0.05) is 13.8 Å². The highest BCUT2D eigenvalue weighted by molar-refractivity contribution is 5.96. The monoisotopic (exact) mass is 250 g/mol. The Labute approximate surface area is 105 Å². The van der Waals surface area contributed by atoms with Crippen LogP contribution < -0.4 is 5.32 Å². The summed E-state index contributed by atoms with van der Waals surface area (Å²) in [4.78, 5) is 14.9. The largest absolute Gasteiger partial charge is 0.463 e. The van der Waals surface area contributed by atoms with E-state index >= 15 is 0 Å². The zero-order valence-electron chi connectivity index (χ0n) is 10.6. The fraction of sp³-hybridized carbons (Fsp3) is 0.462. The Balaban J connectivity index is 2.04. The molecule has 0 aliphatic carbocycles. The van der Waals surface area contributed by atoms with Crippen LogP contribution in [0, 0.1) is 5.92 Å². The van der Waals surface area contributed by atoms with E-state index in [2.05, 4.69) is 24.1 Å². The van der Waals surface area contributed by atoms with E-state index in [0.29, 0.717) is 17.2 Å². The van der Waals surface area contributed by atoms with Gasteiger partial charge >= 0.3 is 0 Å². The van der Waals surface area contributed by atoms with Crippen LogP contribution in [-0.4, -0.2) is 28.6 Å². The van der Waals surface area contributed by atoms with Gasteiger partial charge in [0, 0.05) is 12.1 Å². The van der Waals surface area contributed by atoms with Crippen molar-refractivity contribution in [1.29, 1.82) is 0 Å². The van der Waals surface area contributed by atoms with Crippen LogP contribution in [0.3, 0.4) is 0 Å². The maximum Gasteiger partial charge on any atom is 0.268 e. The maximum absolute atomic E-state index is 12.0. The first-order chi connectivity index (χ1) is 8.60. The highest BCUT2D eigenvalue weighted by Gasteiger charge is 2.16. The average Bonchev–Trinajstić information content (AvgIpc) is 2.87. The molecule has 2 aromatic heterocycles. The van der Waals surface area contributed by atoms with E-state index in [4.69, 9.17) is 4.42 Å². The number of carbonyl (C=O) groups is 1. The van der Waals surface area contributed by atoms with Gasteiger partial charge in [-0.2, -0.15) is 0 Å². The molecule has 98 valence electrons. The van der Waals surface area contributed by atoms with Crippen LogP contribution in [0.5, 0.6) is 0 Å². The van der Waals surface area contributed by atoms with Gasteiger partial charge < -0.3 is 19.8 Å². The van der Waals surface area contributed by atoms with E-state index in [1.54, 1.807) is 18.4 Å². The summed E-state index contributed by atoms with van der Waals surface area (Å²) >= 11 is 0. The van der Waals surface area contributed by atoms with Crippen LogP contribution in [0.2, 0.25) is 0 Å². The minimum atomic E-state index is -0.221. The highest BCUT2D eigenvalue weighted by atomic mass is 16.3. The zero-order chi connectivity index (χ0) is 13.1. The number of carbonyl (C=O) groups excluding carboxylic acids is 1. The van der Waals surface area contributed by atoms with Gasteiger partial charge in [0.2, 0.25) is 0 Å². The maximum atomic E-state index is 12.0. The summed E-state index contributed by atoms with van der Waals surface area (Å²) in [6, 6.07) is 3.21. The second-order valence-electron chi connectivity index (χ2n) is 4.86. The fourth-order valence-electron chi connectivity index (χ4n) is 1.98. The Kier molecular flexibility index (Phi) is 3.72. The van der Waals surface area contributed by atoms with Crippen molar-refractivity contribution < 1.29 is 14.3 Å².